The molecule has 5 rings (SSSR count). The van der Waals surface area contributed by atoms with Crippen LogP contribution < -0.4 is 10.6 Å². The molecule has 30 heavy (non-hydrogen) atoms. The van der Waals surface area contributed by atoms with E-state index in [1.807, 2.05) is 0 Å². The fraction of sp³-hybridized carbons (Fsp3) is 0.810. The molecule has 2 bridgehead atoms. The zero-order valence-electron chi connectivity index (χ0n) is 17.4. The highest BCUT2D eigenvalue weighted by molar-refractivity contribution is 7.89. The van der Waals surface area contributed by atoms with Crippen LogP contribution in [0.2, 0.25) is 0 Å². The van der Waals surface area contributed by atoms with Gasteiger partial charge < -0.3 is 15.2 Å². The minimum atomic E-state index is -3.26. The highest BCUT2D eigenvalue weighted by Gasteiger charge is 2.47. The molecule has 4 heterocycles. The van der Waals surface area contributed by atoms with E-state index in [-0.39, 0.29) is 35.7 Å². The average molecular weight is 437 g/mol. The number of rotatable bonds is 7. The maximum absolute atomic E-state index is 13.2. The second-order valence-corrected chi connectivity index (χ2v) is 11.6. The van der Waals surface area contributed by atoms with E-state index >= 15 is 0 Å². The Kier molecular flexibility index (Phi) is 5.62. The number of amides is 1. The number of hydrogen-bond donors (Lipinski definition) is 2. The Hall–Kier alpha value is -1.45. The molecule has 1 saturated carbocycles. The fourth-order valence-corrected chi connectivity index (χ4v) is 7.91. The minimum absolute atomic E-state index is 0.00324. The lowest BCUT2D eigenvalue weighted by atomic mass is 9.99. The summed E-state index contributed by atoms with van der Waals surface area (Å²) in [6.07, 6.45) is 8.31. The van der Waals surface area contributed by atoms with Crippen LogP contribution in [0, 0.1) is 11.8 Å². The summed E-state index contributed by atoms with van der Waals surface area (Å²) in [6.45, 7) is 1.82. The number of carbonyl (C=O) groups excluding carboxylic acids is 1. The maximum Gasteiger partial charge on any atom is 0.273 e. The minimum Gasteiger partial charge on any atom is -0.361 e. The normalized spacial score (nSPS) is 30.5. The Bertz CT molecular complexity index is 861. The summed E-state index contributed by atoms with van der Waals surface area (Å²) in [4.78, 5) is 12.6. The molecule has 3 atom stereocenters. The van der Waals surface area contributed by atoms with Gasteiger partial charge in [0.1, 0.15) is 5.76 Å². The molecule has 8 nitrogen and oxygen atoms in total. The van der Waals surface area contributed by atoms with Crippen LogP contribution in [-0.2, 0) is 16.4 Å². The van der Waals surface area contributed by atoms with E-state index in [0.29, 0.717) is 24.5 Å². The quantitative estimate of drug-likeness (QED) is 0.674. The first kappa shape index (κ1) is 20.5. The zero-order valence-corrected chi connectivity index (χ0v) is 18.2. The Labute approximate surface area is 178 Å². The molecule has 3 aliphatic heterocycles. The molecular weight excluding hydrogens is 404 g/mol. The summed E-state index contributed by atoms with van der Waals surface area (Å²) in [5.74, 6) is 1.77. The van der Waals surface area contributed by atoms with Crippen LogP contribution in [0.15, 0.2) is 10.6 Å². The third-order valence-corrected chi connectivity index (χ3v) is 9.34. The molecule has 4 aliphatic rings. The molecule has 3 saturated heterocycles. The molecule has 0 aromatic carbocycles. The highest BCUT2D eigenvalue weighted by atomic mass is 32.2. The highest BCUT2D eigenvalue weighted by Crippen LogP contribution is 2.39. The number of nitrogens with one attached hydrogen (secondary N) is 2. The molecule has 9 heteroatoms. The summed E-state index contributed by atoms with van der Waals surface area (Å²) in [7, 11) is -3.26. The summed E-state index contributed by atoms with van der Waals surface area (Å²) >= 11 is 0. The van der Waals surface area contributed by atoms with Gasteiger partial charge in [0.2, 0.25) is 10.0 Å². The maximum atomic E-state index is 13.2. The smallest absolute Gasteiger partial charge is 0.273 e. The van der Waals surface area contributed by atoms with Gasteiger partial charge in [-0.25, -0.2) is 8.42 Å². The van der Waals surface area contributed by atoms with Gasteiger partial charge in [-0.1, -0.05) is 5.16 Å². The van der Waals surface area contributed by atoms with Crippen molar-refractivity contribution in [2.45, 2.75) is 75.9 Å². The van der Waals surface area contributed by atoms with Crippen molar-refractivity contribution in [2.24, 2.45) is 11.8 Å². The van der Waals surface area contributed by atoms with Crippen LogP contribution in [0.4, 0.5) is 0 Å². The van der Waals surface area contributed by atoms with Crippen molar-refractivity contribution in [2.75, 3.05) is 18.8 Å². The van der Waals surface area contributed by atoms with E-state index in [0.717, 1.165) is 51.0 Å². The van der Waals surface area contributed by atoms with Crippen LogP contribution in [0.5, 0.6) is 0 Å². The molecule has 1 aromatic rings. The van der Waals surface area contributed by atoms with Gasteiger partial charge in [-0.3, -0.25) is 4.79 Å². The number of nitrogens with zero attached hydrogens (tertiary/aromatic N) is 2. The molecule has 2 N–H and O–H groups in total. The van der Waals surface area contributed by atoms with Crippen molar-refractivity contribution in [3.63, 3.8) is 0 Å². The van der Waals surface area contributed by atoms with Gasteiger partial charge in [-0.2, -0.15) is 4.31 Å². The zero-order chi connectivity index (χ0) is 20.7. The second kappa shape index (κ2) is 8.24. The Morgan fingerprint density at radius 2 is 1.80 bits per heavy atom. The first-order valence-corrected chi connectivity index (χ1v) is 13.1. The summed E-state index contributed by atoms with van der Waals surface area (Å²) in [5.41, 5.74) is 0.332. The van der Waals surface area contributed by atoms with Gasteiger partial charge in [0.05, 0.1) is 5.75 Å². The van der Waals surface area contributed by atoms with E-state index in [2.05, 4.69) is 15.8 Å². The largest absolute Gasteiger partial charge is 0.361 e. The van der Waals surface area contributed by atoms with Gasteiger partial charge in [0, 0.05) is 30.6 Å². The fourth-order valence-electron chi connectivity index (χ4n) is 5.52. The second-order valence-electron chi connectivity index (χ2n) is 9.65. The molecule has 0 spiro atoms. The van der Waals surface area contributed by atoms with E-state index in [9.17, 15) is 13.2 Å². The summed E-state index contributed by atoms with van der Waals surface area (Å²) in [6, 6.07) is 1.75. The molecule has 166 valence electrons. The van der Waals surface area contributed by atoms with E-state index in [4.69, 9.17) is 4.52 Å². The van der Waals surface area contributed by atoms with Gasteiger partial charge in [0.15, 0.2) is 5.69 Å². The van der Waals surface area contributed by atoms with Crippen molar-refractivity contribution < 1.29 is 17.7 Å². The number of piperidine rings is 2. The SMILES string of the molecule is O=C(NC1C[C@H]2CC[C@@H](C1)N2S(=O)(=O)CC1CCNCC1)c1cc(CC2CC2)on1. The van der Waals surface area contributed by atoms with Crippen LogP contribution >= 0.6 is 0 Å². The average Bonchev–Trinajstić information content (AvgIpc) is 3.31. The third kappa shape index (κ3) is 4.43. The van der Waals surface area contributed by atoms with E-state index in [1.165, 1.54) is 12.8 Å². The molecule has 1 aromatic heterocycles. The topological polar surface area (TPSA) is 105 Å². The predicted octanol–water partition coefficient (Wildman–Crippen LogP) is 1.68. The molecule has 1 unspecified atom stereocenters. The van der Waals surface area contributed by atoms with Crippen molar-refractivity contribution in [3.05, 3.63) is 17.5 Å². The lowest BCUT2D eigenvalue weighted by molar-refractivity contribution is 0.0900. The Balaban J connectivity index is 1.18. The summed E-state index contributed by atoms with van der Waals surface area (Å²) < 4.78 is 33.4. The molecule has 1 amide bonds. The van der Waals surface area contributed by atoms with Gasteiger partial charge in [0.25, 0.3) is 5.91 Å². The van der Waals surface area contributed by atoms with Crippen molar-refractivity contribution >= 4 is 15.9 Å². The van der Waals surface area contributed by atoms with Gasteiger partial charge >= 0.3 is 0 Å². The van der Waals surface area contributed by atoms with Crippen LogP contribution in [-0.4, -0.2) is 60.8 Å². The molecule has 0 radical (unpaired) electrons. The number of fused-ring (bicyclic) bond motifs is 2. The number of hydrogen-bond acceptors (Lipinski definition) is 6. The van der Waals surface area contributed by atoms with E-state index in [1.54, 1.807) is 10.4 Å². The first-order valence-electron chi connectivity index (χ1n) is 11.5. The van der Waals surface area contributed by atoms with Crippen LogP contribution in [0.1, 0.15) is 67.6 Å². The predicted molar refractivity (Wildman–Crippen MR) is 111 cm³/mol. The van der Waals surface area contributed by atoms with Crippen molar-refractivity contribution in [3.8, 4) is 0 Å². The van der Waals surface area contributed by atoms with Gasteiger partial charge in [-0.05, 0) is 76.3 Å². The number of sulfonamides is 1. The number of aromatic nitrogens is 1. The summed E-state index contributed by atoms with van der Waals surface area (Å²) in [5, 5.41) is 10.3. The lowest BCUT2D eigenvalue weighted by Crippen LogP contribution is -2.53. The lowest BCUT2D eigenvalue weighted by Gasteiger charge is -2.39. The van der Waals surface area contributed by atoms with Crippen LogP contribution in [0.25, 0.3) is 0 Å². The number of carbonyl (C=O) groups is 1. The third-order valence-electron chi connectivity index (χ3n) is 7.21. The molecular formula is C21H32N4O4S. The van der Waals surface area contributed by atoms with Crippen molar-refractivity contribution in [1.29, 1.82) is 0 Å². The standard InChI is InChI=1S/C21H32N4O4S/c26-21(20-12-19(29-24-20)9-14-1-2-14)23-16-10-17-3-4-18(11-16)25(17)30(27,28)13-15-5-7-22-8-6-15/h12,14-18,22H,1-11,13H2,(H,23,26)/t16?,17-,18+. The first-order chi connectivity index (χ1) is 14.5. The molecule has 4 fully saturated rings. The van der Waals surface area contributed by atoms with Crippen molar-refractivity contribution in [1.82, 2.24) is 20.1 Å². The Morgan fingerprint density at radius 3 is 2.47 bits per heavy atom. The van der Waals surface area contributed by atoms with Crippen LogP contribution in [0.3, 0.4) is 0 Å². The van der Waals surface area contributed by atoms with Gasteiger partial charge in [-0.15, -0.1) is 0 Å². The molecule has 1 aliphatic carbocycles. The monoisotopic (exact) mass is 436 g/mol. The Morgan fingerprint density at radius 1 is 1.10 bits per heavy atom. The van der Waals surface area contributed by atoms with E-state index < -0.39 is 10.0 Å².